The third-order valence-electron chi connectivity index (χ3n) is 6.83. The van der Waals surface area contributed by atoms with Gasteiger partial charge in [0.15, 0.2) is 0 Å². The highest BCUT2D eigenvalue weighted by atomic mass is 16.2. The molecule has 2 saturated heterocycles. The molecule has 3 heterocycles. The Balaban J connectivity index is 1.43. The number of pyridine rings is 1. The van der Waals surface area contributed by atoms with Crippen molar-refractivity contribution in [2.75, 3.05) is 76.8 Å². The lowest BCUT2D eigenvalue weighted by Gasteiger charge is -2.33. The Labute approximate surface area is 186 Å². The molecule has 2 aliphatic rings. The molecule has 1 amide bonds. The van der Waals surface area contributed by atoms with Gasteiger partial charge in [0.1, 0.15) is 5.82 Å². The van der Waals surface area contributed by atoms with Gasteiger partial charge in [-0.2, -0.15) is 0 Å². The van der Waals surface area contributed by atoms with Crippen molar-refractivity contribution >= 4 is 28.3 Å². The van der Waals surface area contributed by atoms with Crippen molar-refractivity contribution in [3.8, 4) is 0 Å². The quantitative estimate of drug-likeness (QED) is 0.792. The molecular weight excluding hydrogens is 388 g/mol. The van der Waals surface area contributed by atoms with Crippen LogP contribution in [0.25, 0.3) is 10.9 Å². The second-order valence-corrected chi connectivity index (χ2v) is 9.20. The molecule has 0 saturated carbocycles. The summed E-state index contributed by atoms with van der Waals surface area (Å²) in [6.45, 7) is 8.84. The van der Waals surface area contributed by atoms with Gasteiger partial charge in [0, 0.05) is 50.3 Å². The number of amides is 1. The second kappa shape index (κ2) is 9.51. The summed E-state index contributed by atoms with van der Waals surface area (Å²) in [6, 6.07) is 8.77. The number of aromatic nitrogens is 1. The molecule has 0 atom stereocenters. The van der Waals surface area contributed by atoms with Crippen molar-refractivity contribution in [2.24, 2.45) is 0 Å². The number of fused-ring (bicyclic) bond motifs is 1. The van der Waals surface area contributed by atoms with Crippen molar-refractivity contribution in [3.05, 3.63) is 29.8 Å². The number of anilines is 2. The van der Waals surface area contributed by atoms with Gasteiger partial charge in [0.2, 0.25) is 5.91 Å². The lowest BCUT2D eigenvalue weighted by molar-refractivity contribution is -0.117. The number of nitrogens with one attached hydrogen (secondary N) is 1. The summed E-state index contributed by atoms with van der Waals surface area (Å²) in [7, 11) is 6.18. The van der Waals surface area contributed by atoms with E-state index in [9.17, 15) is 4.79 Å². The molecule has 4 rings (SSSR count). The molecule has 1 aromatic carbocycles. The minimum Gasteiger partial charge on any atom is -0.354 e. The van der Waals surface area contributed by atoms with Gasteiger partial charge < -0.3 is 24.9 Å². The molecule has 31 heavy (non-hydrogen) atoms. The Morgan fingerprint density at radius 1 is 1.06 bits per heavy atom. The minimum absolute atomic E-state index is 0.0953. The third kappa shape index (κ3) is 5.17. The van der Waals surface area contributed by atoms with Gasteiger partial charge in [0.05, 0.1) is 12.1 Å². The van der Waals surface area contributed by atoms with E-state index in [0.29, 0.717) is 12.6 Å². The second-order valence-electron chi connectivity index (χ2n) is 9.20. The van der Waals surface area contributed by atoms with E-state index in [2.05, 4.69) is 53.2 Å². The van der Waals surface area contributed by atoms with Crippen LogP contribution in [-0.4, -0.2) is 93.7 Å². The predicted molar refractivity (Wildman–Crippen MR) is 128 cm³/mol. The molecule has 0 bridgehead atoms. The Morgan fingerprint density at radius 2 is 1.74 bits per heavy atom. The molecule has 0 unspecified atom stereocenters. The van der Waals surface area contributed by atoms with Gasteiger partial charge in [-0.15, -0.1) is 0 Å². The topological polar surface area (TPSA) is 55.0 Å². The van der Waals surface area contributed by atoms with E-state index >= 15 is 0 Å². The highest BCUT2D eigenvalue weighted by Gasteiger charge is 2.20. The fourth-order valence-electron chi connectivity index (χ4n) is 4.48. The summed E-state index contributed by atoms with van der Waals surface area (Å²) in [5, 5.41) is 4.56. The van der Waals surface area contributed by atoms with Crippen molar-refractivity contribution in [1.82, 2.24) is 20.1 Å². The number of likely N-dealkylation sites (tertiary alicyclic amines) is 1. The van der Waals surface area contributed by atoms with Crippen molar-refractivity contribution in [3.63, 3.8) is 0 Å². The van der Waals surface area contributed by atoms with E-state index in [-0.39, 0.29) is 5.91 Å². The standard InChI is InChI=1S/C24H36N6O/c1-18-15-23(30-13-11-28(3)12-14-30)26-22-6-5-20(16-21(18)22)29(4)24(31)17-25-19-7-9-27(2)10-8-19/h5-6,15-16,19,25H,7-14,17H2,1-4H3. The monoisotopic (exact) mass is 424 g/mol. The van der Waals surface area contributed by atoms with Crippen molar-refractivity contribution in [2.45, 2.75) is 25.8 Å². The third-order valence-corrected chi connectivity index (χ3v) is 6.83. The fraction of sp³-hybridized carbons (Fsp3) is 0.583. The average molecular weight is 425 g/mol. The highest BCUT2D eigenvalue weighted by molar-refractivity contribution is 5.97. The summed E-state index contributed by atoms with van der Waals surface area (Å²) in [4.78, 5) is 26.5. The number of likely N-dealkylation sites (N-methyl/N-ethyl adjacent to an activating group) is 2. The van der Waals surface area contributed by atoms with Crippen molar-refractivity contribution in [1.29, 1.82) is 0 Å². The number of benzene rings is 1. The van der Waals surface area contributed by atoms with Crippen molar-refractivity contribution < 1.29 is 4.79 Å². The first-order valence-corrected chi connectivity index (χ1v) is 11.4. The van der Waals surface area contributed by atoms with Crippen LogP contribution in [0.5, 0.6) is 0 Å². The van der Waals surface area contributed by atoms with Gasteiger partial charge in [0.25, 0.3) is 0 Å². The van der Waals surface area contributed by atoms with Crippen LogP contribution in [0.15, 0.2) is 24.3 Å². The summed E-state index contributed by atoms with van der Waals surface area (Å²) in [6.07, 6.45) is 2.20. The van der Waals surface area contributed by atoms with Crippen LogP contribution in [0, 0.1) is 6.92 Å². The maximum atomic E-state index is 12.8. The van der Waals surface area contributed by atoms with Gasteiger partial charge in [-0.3, -0.25) is 4.79 Å². The molecule has 2 aromatic rings. The Kier molecular flexibility index (Phi) is 6.74. The number of piperazine rings is 1. The highest BCUT2D eigenvalue weighted by Crippen LogP contribution is 2.27. The smallest absolute Gasteiger partial charge is 0.240 e. The number of hydrogen-bond donors (Lipinski definition) is 1. The molecule has 0 spiro atoms. The van der Waals surface area contributed by atoms with E-state index in [1.165, 1.54) is 5.56 Å². The minimum atomic E-state index is 0.0953. The molecule has 1 N–H and O–H groups in total. The number of piperidine rings is 1. The van der Waals surface area contributed by atoms with Gasteiger partial charge in [-0.25, -0.2) is 4.98 Å². The Hall–Kier alpha value is -2.22. The molecule has 2 fully saturated rings. The number of aryl methyl sites for hydroxylation is 1. The fourth-order valence-corrected chi connectivity index (χ4v) is 4.48. The van der Waals surface area contributed by atoms with Gasteiger partial charge in [-0.05, 0) is 76.8 Å². The van der Waals surface area contributed by atoms with E-state index in [1.54, 1.807) is 4.90 Å². The predicted octanol–water partition coefficient (Wildman–Crippen LogP) is 1.94. The number of carbonyl (C=O) groups excluding carboxylic acids is 1. The molecule has 7 heteroatoms. The Morgan fingerprint density at radius 3 is 2.45 bits per heavy atom. The van der Waals surface area contributed by atoms with Gasteiger partial charge >= 0.3 is 0 Å². The summed E-state index contributed by atoms with van der Waals surface area (Å²) < 4.78 is 0. The van der Waals surface area contributed by atoms with Crippen LogP contribution < -0.4 is 15.1 Å². The molecule has 7 nitrogen and oxygen atoms in total. The molecule has 0 aliphatic carbocycles. The van der Waals surface area contributed by atoms with Crippen LogP contribution in [0.4, 0.5) is 11.5 Å². The zero-order valence-electron chi connectivity index (χ0n) is 19.4. The first-order valence-electron chi connectivity index (χ1n) is 11.4. The number of carbonyl (C=O) groups is 1. The number of nitrogens with zero attached hydrogens (tertiary/aromatic N) is 5. The SMILES string of the molecule is Cc1cc(N2CCN(C)CC2)nc2ccc(N(C)C(=O)CNC3CCN(C)CC3)cc12. The van der Waals surface area contributed by atoms with Crippen LogP contribution >= 0.6 is 0 Å². The normalized spacial score (nSPS) is 19.2. The molecule has 1 aromatic heterocycles. The summed E-state index contributed by atoms with van der Waals surface area (Å²) in [5.41, 5.74) is 3.11. The van der Waals surface area contributed by atoms with Crippen LogP contribution in [0.1, 0.15) is 18.4 Å². The average Bonchev–Trinajstić information content (AvgIpc) is 2.78. The van der Waals surface area contributed by atoms with Crippen LogP contribution in [0.2, 0.25) is 0 Å². The van der Waals surface area contributed by atoms with Crippen LogP contribution in [0.3, 0.4) is 0 Å². The first kappa shape index (κ1) is 22.0. The lowest BCUT2D eigenvalue weighted by atomic mass is 10.1. The lowest BCUT2D eigenvalue weighted by Crippen LogP contribution is -2.45. The van der Waals surface area contributed by atoms with Gasteiger partial charge in [-0.1, -0.05) is 0 Å². The largest absolute Gasteiger partial charge is 0.354 e. The first-order chi connectivity index (χ1) is 14.9. The Bertz CT molecular complexity index is 916. The van der Waals surface area contributed by atoms with E-state index < -0.39 is 0 Å². The molecule has 0 radical (unpaired) electrons. The summed E-state index contributed by atoms with van der Waals surface area (Å²) >= 11 is 0. The molecule has 2 aliphatic heterocycles. The number of hydrogen-bond acceptors (Lipinski definition) is 6. The van der Waals surface area contributed by atoms with E-state index in [1.807, 2.05) is 19.2 Å². The van der Waals surface area contributed by atoms with E-state index in [4.69, 9.17) is 4.98 Å². The summed E-state index contributed by atoms with van der Waals surface area (Å²) in [5.74, 6) is 1.15. The molecule has 168 valence electrons. The van der Waals surface area contributed by atoms with Crippen LogP contribution in [-0.2, 0) is 4.79 Å². The maximum Gasteiger partial charge on any atom is 0.240 e. The zero-order chi connectivity index (χ0) is 22.0. The molecular formula is C24H36N6O. The number of rotatable bonds is 5. The zero-order valence-corrected chi connectivity index (χ0v) is 19.4. The maximum absolute atomic E-state index is 12.8. The van der Waals surface area contributed by atoms with E-state index in [0.717, 1.165) is 74.5 Å².